The van der Waals surface area contributed by atoms with Crippen molar-refractivity contribution in [3.8, 4) is 0 Å². The van der Waals surface area contributed by atoms with Gasteiger partial charge in [-0.3, -0.25) is 0 Å². The van der Waals surface area contributed by atoms with Crippen molar-refractivity contribution in [1.82, 2.24) is 20.2 Å². The van der Waals surface area contributed by atoms with Crippen LogP contribution in [-0.4, -0.2) is 26.8 Å². The van der Waals surface area contributed by atoms with E-state index in [2.05, 4.69) is 15.5 Å². The number of aromatic nitrogens is 4. The quantitative estimate of drug-likeness (QED) is 0.916. The second kappa shape index (κ2) is 5.48. The molecule has 0 saturated heterocycles. The van der Waals surface area contributed by atoms with E-state index >= 15 is 0 Å². The number of halogens is 1. The summed E-state index contributed by atoms with van der Waals surface area (Å²) in [6, 6.07) is 6.33. The molecule has 2 aromatic rings. The summed E-state index contributed by atoms with van der Waals surface area (Å²) in [7, 11) is 0. The third-order valence-corrected chi connectivity index (χ3v) is 4.43. The number of hydrogen-bond donors (Lipinski definition) is 1. The largest absolute Gasteiger partial charge is 0.330 e. The maximum atomic E-state index is 6.24. The Hall–Kier alpha value is -1.11. The molecule has 0 atom stereocenters. The van der Waals surface area contributed by atoms with Crippen molar-refractivity contribution >= 4 is 23.4 Å². The van der Waals surface area contributed by atoms with E-state index in [1.807, 2.05) is 22.9 Å². The van der Waals surface area contributed by atoms with Crippen LogP contribution in [-0.2, 0) is 6.42 Å². The predicted octanol–water partition coefficient (Wildman–Crippen LogP) is 2.31. The van der Waals surface area contributed by atoms with Gasteiger partial charge in [0.25, 0.3) is 0 Å². The molecular formula is C12H14ClN5S. The van der Waals surface area contributed by atoms with Crippen molar-refractivity contribution in [2.24, 2.45) is 5.73 Å². The fourth-order valence-corrected chi connectivity index (χ4v) is 3.28. The third-order valence-electron chi connectivity index (χ3n) is 3.03. The summed E-state index contributed by atoms with van der Waals surface area (Å²) in [5.74, 6) is 0. The van der Waals surface area contributed by atoms with Crippen molar-refractivity contribution in [2.75, 3.05) is 6.54 Å². The van der Waals surface area contributed by atoms with E-state index in [0.29, 0.717) is 12.6 Å². The lowest BCUT2D eigenvalue weighted by Crippen LogP contribution is -2.05. The maximum Gasteiger partial charge on any atom is 0.214 e. The van der Waals surface area contributed by atoms with Gasteiger partial charge >= 0.3 is 0 Å². The molecule has 7 heteroatoms. The first-order valence-corrected chi connectivity index (χ1v) is 7.42. The highest BCUT2D eigenvalue weighted by Gasteiger charge is 2.28. The normalized spacial score (nSPS) is 14.8. The lowest BCUT2D eigenvalue weighted by Gasteiger charge is -2.09. The Morgan fingerprint density at radius 1 is 1.42 bits per heavy atom. The third kappa shape index (κ3) is 2.75. The Kier molecular flexibility index (Phi) is 3.72. The van der Waals surface area contributed by atoms with Crippen molar-refractivity contribution in [2.45, 2.75) is 35.4 Å². The molecule has 2 N–H and O–H groups in total. The molecule has 1 aromatic heterocycles. The minimum absolute atomic E-state index is 0.467. The Morgan fingerprint density at radius 2 is 2.26 bits per heavy atom. The van der Waals surface area contributed by atoms with E-state index in [4.69, 9.17) is 17.3 Å². The number of rotatable bonds is 5. The molecule has 19 heavy (non-hydrogen) atoms. The molecule has 100 valence electrons. The molecule has 1 saturated carbocycles. The van der Waals surface area contributed by atoms with Gasteiger partial charge in [0.2, 0.25) is 5.16 Å². The molecule has 0 radical (unpaired) electrons. The van der Waals surface area contributed by atoms with Gasteiger partial charge in [-0.2, -0.15) is 0 Å². The number of nitrogens with zero attached hydrogens (tertiary/aromatic N) is 4. The monoisotopic (exact) mass is 295 g/mol. The lowest BCUT2D eigenvalue weighted by molar-refractivity contribution is 0.565. The Morgan fingerprint density at radius 3 is 3.00 bits per heavy atom. The molecular weight excluding hydrogens is 282 g/mol. The second-order valence-corrected chi connectivity index (χ2v) is 5.91. The first-order valence-electron chi connectivity index (χ1n) is 6.22. The number of tetrazole rings is 1. The number of benzene rings is 1. The molecule has 1 fully saturated rings. The van der Waals surface area contributed by atoms with Gasteiger partial charge in [0.05, 0.1) is 6.04 Å². The fourth-order valence-electron chi connectivity index (χ4n) is 1.92. The van der Waals surface area contributed by atoms with Crippen LogP contribution in [0.15, 0.2) is 28.3 Å². The zero-order chi connectivity index (χ0) is 13.2. The first kappa shape index (κ1) is 12.9. The van der Waals surface area contributed by atoms with E-state index in [1.54, 1.807) is 11.8 Å². The van der Waals surface area contributed by atoms with Crippen molar-refractivity contribution in [3.05, 3.63) is 28.8 Å². The van der Waals surface area contributed by atoms with Crippen LogP contribution >= 0.6 is 23.4 Å². The van der Waals surface area contributed by atoms with E-state index in [1.165, 1.54) is 0 Å². The van der Waals surface area contributed by atoms with Crippen LogP contribution < -0.4 is 5.73 Å². The van der Waals surface area contributed by atoms with Gasteiger partial charge in [-0.1, -0.05) is 17.7 Å². The molecule has 1 aromatic carbocycles. The van der Waals surface area contributed by atoms with Crippen molar-refractivity contribution in [3.63, 3.8) is 0 Å². The lowest BCUT2D eigenvalue weighted by atomic mass is 10.1. The van der Waals surface area contributed by atoms with Crippen LogP contribution in [0, 0.1) is 0 Å². The SMILES string of the molecule is NCCc1c(Cl)cccc1Sc1nnnn1C1CC1. The fraction of sp³-hybridized carbons (Fsp3) is 0.417. The summed E-state index contributed by atoms with van der Waals surface area (Å²) in [6.07, 6.45) is 3.07. The minimum Gasteiger partial charge on any atom is -0.330 e. The van der Waals surface area contributed by atoms with Crippen LogP contribution in [0.1, 0.15) is 24.4 Å². The van der Waals surface area contributed by atoms with Gasteiger partial charge in [0, 0.05) is 9.92 Å². The highest BCUT2D eigenvalue weighted by Crippen LogP contribution is 2.39. The number of nitrogens with two attached hydrogens (primary N) is 1. The Balaban J connectivity index is 1.90. The highest BCUT2D eigenvalue weighted by atomic mass is 35.5. The first-order chi connectivity index (χ1) is 9.29. The molecule has 1 aliphatic rings. The standard InChI is InChI=1S/C12H14ClN5S/c13-10-2-1-3-11(9(10)6-7-14)19-12-15-16-17-18(12)8-4-5-8/h1-3,8H,4-7,14H2. The molecule has 0 aliphatic heterocycles. The summed E-state index contributed by atoms with van der Waals surface area (Å²) in [5, 5.41) is 13.5. The molecule has 3 rings (SSSR count). The summed E-state index contributed by atoms with van der Waals surface area (Å²) >= 11 is 7.79. The van der Waals surface area contributed by atoms with Gasteiger partial charge in [-0.15, -0.1) is 5.10 Å². The summed E-state index contributed by atoms with van der Waals surface area (Å²) in [6.45, 7) is 0.574. The topological polar surface area (TPSA) is 69.6 Å². The van der Waals surface area contributed by atoms with E-state index in [-0.39, 0.29) is 0 Å². The maximum absolute atomic E-state index is 6.24. The van der Waals surface area contributed by atoms with E-state index < -0.39 is 0 Å². The summed E-state index contributed by atoms with van der Waals surface area (Å²) < 4.78 is 1.90. The van der Waals surface area contributed by atoms with Crippen molar-refractivity contribution < 1.29 is 0 Å². The molecule has 5 nitrogen and oxygen atoms in total. The van der Waals surface area contributed by atoms with Gasteiger partial charge in [0.15, 0.2) is 0 Å². The summed E-state index contributed by atoms with van der Waals surface area (Å²) in [4.78, 5) is 1.08. The summed E-state index contributed by atoms with van der Waals surface area (Å²) in [5.41, 5.74) is 6.72. The molecule has 0 spiro atoms. The smallest absolute Gasteiger partial charge is 0.214 e. The van der Waals surface area contributed by atoms with Crippen LogP contribution in [0.2, 0.25) is 5.02 Å². The van der Waals surface area contributed by atoms with Gasteiger partial charge in [-0.25, -0.2) is 4.68 Å². The second-order valence-electron chi connectivity index (χ2n) is 4.49. The van der Waals surface area contributed by atoms with E-state index in [0.717, 1.165) is 39.9 Å². The molecule has 1 aliphatic carbocycles. The van der Waals surface area contributed by atoms with Gasteiger partial charge in [-0.05, 0) is 65.7 Å². The van der Waals surface area contributed by atoms with Gasteiger partial charge in [0.1, 0.15) is 0 Å². The van der Waals surface area contributed by atoms with E-state index in [9.17, 15) is 0 Å². The van der Waals surface area contributed by atoms with Crippen LogP contribution in [0.4, 0.5) is 0 Å². The van der Waals surface area contributed by atoms with Gasteiger partial charge < -0.3 is 5.73 Å². The van der Waals surface area contributed by atoms with Crippen molar-refractivity contribution in [1.29, 1.82) is 0 Å². The van der Waals surface area contributed by atoms with Crippen LogP contribution in [0.3, 0.4) is 0 Å². The Bertz CT molecular complexity index is 581. The highest BCUT2D eigenvalue weighted by molar-refractivity contribution is 7.99. The average molecular weight is 296 g/mol. The predicted molar refractivity (Wildman–Crippen MR) is 74.4 cm³/mol. The zero-order valence-corrected chi connectivity index (χ0v) is 11.9. The number of hydrogen-bond acceptors (Lipinski definition) is 5. The molecule has 1 heterocycles. The average Bonchev–Trinajstić information content (AvgIpc) is 3.14. The molecule has 0 amide bonds. The zero-order valence-electron chi connectivity index (χ0n) is 10.3. The van der Waals surface area contributed by atoms with Crippen LogP contribution in [0.5, 0.6) is 0 Å². The van der Waals surface area contributed by atoms with Crippen LogP contribution in [0.25, 0.3) is 0 Å². The molecule has 0 unspecified atom stereocenters. The molecule has 0 bridgehead atoms. The minimum atomic E-state index is 0.467. The Labute approximate surface area is 120 Å².